The number of carboxylic acids is 1. The van der Waals surface area contributed by atoms with Gasteiger partial charge in [-0.1, -0.05) is 29.3 Å². The number of ether oxygens (including phenoxy) is 1. The molecule has 1 aromatic carbocycles. The Bertz CT molecular complexity index is 556. The molecule has 7 heteroatoms. The van der Waals surface area contributed by atoms with E-state index in [9.17, 15) is 14.7 Å². The fraction of sp³-hybridized carbons (Fsp3) is 0.429. The Labute approximate surface area is 132 Å². The van der Waals surface area contributed by atoms with E-state index >= 15 is 0 Å². The molecule has 2 rings (SSSR count). The number of nitrogens with one attached hydrogen (secondary N) is 1. The maximum atomic E-state index is 12.1. The lowest BCUT2D eigenvalue weighted by Gasteiger charge is -2.33. The summed E-state index contributed by atoms with van der Waals surface area (Å²) in [4.78, 5) is 23.6. The van der Waals surface area contributed by atoms with Gasteiger partial charge in [-0.15, -0.1) is 0 Å². The van der Waals surface area contributed by atoms with Crippen LogP contribution in [0.3, 0.4) is 0 Å². The zero-order valence-electron chi connectivity index (χ0n) is 11.2. The molecule has 0 bridgehead atoms. The fourth-order valence-corrected chi connectivity index (χ4v) is 2.74. The number of carbonyl (C=O) groups is 2. The van der Waals surface area contributed by atoms with Gasteiger partial charge >= 0.3 is 5.97 Å². The van der Waals surface area contributed by atoms with E-state index in [0.717, 1.165) is 0 Å². The topological polar surface area (TPSA) is 75.6 Å². The highest BCUT2D eigenvalue weighted by molar-refractivity contribution is 6.35. The summed E-state index contributed by atoms with van der Waals surface area (Å²) < 4.78 is 5.16. The summed E-state index contributed by atoms with van der Waals surface area (Å²) in [5.41, 5.74) is -0.653. The van der Waals surface area contributed by atoms with Crippen LogP contribution in [0.2, 0.25) is 10.0 Å². The van der Waals surface area contributed by atoms with Crippen LogP contribution in [0.1, 0.15) is 18.4 Å². The summed E-state index contributed by atoms with van der Waals surface area (Å²) in [5, 5.41) is 12.9. The normalized spacial score (nSPS) is 17.2. The van der Waals surface area contributed by atoms with Crippen molar-refractivity contribution in [2.24, 2.45) is 0 Å². The Morgan fingerprint density at radius 2 is 1.95 bits per heavy atom. The lowest BCUT2D eigenvalue weighted by atomic mass is 9.90. The van der Waals surface area contributed by atoms with Gasteiger partial charge in [0.25, 0.3) is 0 Å². The second kappa shape index (κ2) is 6.64. The fourth-order valence-electron chi connectivity index (χ4n) is 2.26. The van der Waals surface area contributed by atoms with Crippen molar-refractivity contribution < 1.29 is 19.4 Å². The van der Waals surface area contributed by atoms with Crippen molar-refractivity contribution in [3.8, 4) is 0 Å². The van der Waals surface area contributed by atoms with Gasteiger partial charge in [0.1, 0.15) is 5.54 Å². The van der Waals surface area contributed by atoms with Gasteiger partial charge < -0.3 is 15.2 Å². The van der Waals surface area contributed by atoms with Gasteiger partial charge in [0.15, 0.2) is 0 Å². The van der Waals surface area contributed by atoms with Crippen LogP contribution in [-0.4, -0.2) is 35.7 Å². The summed E-state index contributed by atoms with van der Waals surface area (Å²) >= 11 is 11.8. The van der Waals surface area contributed by atoms with Crippen LogP contribution in [-0.2, 0) is 20.7 Å². The minimum Gasteiger partial charge on any atom is -0.480 e. The first-order valence-corrected chi connectivity index (χ1v) is 7.25. The molecule has 1 amide bonds. The summed E-state index contributed by atoms with van der Waals surface area (Å²) in [6.07, 6.45) is 0.511. The minimum atomic E-state index is -1.26. The average molecular weight is 332 g/mol. The number of aliphatic carboxylic acids is 1. The van der Waals surface area contributed by atoms with Crippen LogP contribution in [0.25, 0.3) is 0 Å². The van der Waals surface area contributed by atoms with Gasteiger partial charge in [0.2, 0.25) is 5.91 Å². The molecule has 0 aromatic heterocycles. The highest BCUT2D eigenvalue weighted by atomic mass is 35.5. The monoisotopic (exact) mass is 331 g/mol. The Balaban J connectivity index is 2.07. The largest absolute Gasteiger partial charge is 0.480 e. The maximum absolute atomic E-state index is 12.1. The molecule has 1 aliphatic heterocycles. The highest BCUT2D eigenvalue weighted by Crippen LogP contribution is 2.24. The van der Waals surface area contributed by atoms with E-state index in [1.54, 1.807) is 18.2 Å². The number of hydrogen-bond donors (Lipinski definition) is 2. The zero-order chi connectivity index (χ0) is 15.5. The molecular weight excluding hydrogens is 317 g/mol. The third-order valence-corrected chi connectivity index (χ3v) is 4.09. The summed E-state index contributed by atoms with van der Waals surface area (Å²) in [5.74, 6) is -1.43. The van der Waals surface area contributed by atoms with Crippen molar-refractivity contribution >= 4 is 35.1 Å². The van der Waals surface area contributed by atoms with Gasteiger partial charge in [-0.3, -0.25) is 4.79 Å². The second-order valence-corrected chi connectivity index (χ2v) is 5.80. The van der Waals surface area contributed by atoms with E-state index in [1.165, 1.54) is 0 Å². The van der Waals surface area contributed by atoms with Gasteiger partial charge in [0, 0.05) is 36.1 Å². The Morgan fingerprint density at radius 1 is 1.29 bits per heavy atom. The van der Waals surface area contributed by atoms with E-state index in [4.69, 9.17) is 27.9 Å². The molecule has 2 N–H and O–H groups in total. The van der Waals surface area contributed by atoms with Crippen molar-refractivity contribution in [1.29, 1.82) is 0 Å². The molecule has 1 saturated heterocycles. The zero-order valence-corrected chi connectivity index (χ0v) is 12.7. The van der Waals surface area contributed by atoms with Gasteiger partial charge in [-0.25, -0.2) is 4.79 Å². The molecule has 21 heavy (non-hydrogen) atoms. The predicted octanol–water partition coefficient (Wildman–Crippen LogP) is 2.29. The van der Waals surface area contributed by atoms with E-state index < -0.39 is 11.5 Å². The first kappa shape index (κ1) is 16.1. The number of carbonyl (C=O) groups excluding carboxylic acids is 1. The molecular formula is C14H15Cl2NO4. The minimum absolute atomic E-state index is 0.00584. The van der Waals surface area contributed by atoms with Crippen LogP contribution < -0.4 is 5.32 Å². The molecule has 114 valence electrons. The number of benzene rings is 1. The van der Waals surface area contributed by atoms with Crippen molar-refractivity contribution in [3.05, 3.63) is 33.8 Å². The quantitative estimate of drug-likeness (QED) is 0.887. The number of rotatable bonds is 4. The predicted molar refractivity (Wildman–Crippen MR) is 78.7 cm³/mol. The molecule has 5 nitrogen and oxygen atoms in total. The summed E-state index contributed by atoms with van der Waals surface area (Å²) in [6, 6.07) is 4.84. The molecule has 0 aliphatic carbocycles. The smallest absolute Gasteiger partial charge is 0.329 e. The first-order valence-electron chi connectivity index (χ1n) is 6.49. The van der Waals surface area contributed by atoms with Crippen molar-refractivity contribution in [1.82, 2.24) is 5.32 Å². The standard InChI is InChI=1S/C14H15Cl2NO4/c15-10-2-1-9(11(16)8-10)7-12(18)17-14(13(19)20)3-5-21-6-4-14/h1-2,8H,3-7H2,(H,17,18)(H,19,20). The van der Waals surface area contributed by atoms with Crippen LogP contribution in [0.15, 0.2) is 18.2 Å². The molecule has 0 unspecified atom stereocenters. The average Bonchev–Trinajstić information content (AvgIpc) is 2.43. The lowest BCUT2D eigenvalue weighted by Crippen LogP contribution is -2.57. The Morgan fingerprint density at radius 3 is 2.52 bits per heavy atom. The van der Waals surface area contributed by atoms with Crippen LogP contribution in [0.5, 0.6) is 0 Å². The van der Waals surface area contributed by atoms with Crippen LogP contribution >= 0.6 is 23.2 Å². The Kier molecular flexibility index (Phi) is 5.08. The third kappa shape index (κ3) is 3.87. The summed E-state index contributed by atoms with van der Waals surface area (Å²) in [6.45, 7) is 0.628. The second-order valence-electron chi connectivity index (χ2n) is 4.96. The SMILES string of the molecule is O=C(Cc1ccc(Cl)cc1Cl)NC1(C(=O)O)CCOCC1. The van der Waals surface area contributed by atoms with E-state index in [1.807, 2.05) is 0 Å². The van der Waals surface area contributed by atoms with Gasteiger partial charge in [-0.2, -0.15) is 0 Å². The molecule has 0 atom stereocenters. The molecule has 0 saturated carbocycles. The number of carboxylic acid groups (broad SMARTS) is 1. The van der Waals surface area contributed by atoms with Gasteiger partial charge in [0.05, 0.1) is 6.42 Å². The van der Waals surface area contributed by atoms with Crippen molar-refractivity contribution in [3.63, 3.8) is 0 Å². The maximum Gasteiger partial charge on any atom is 0.329 e. The highest BCUT2D eigenvalue weighted by Gasteiger charge is 2.41. The lowest BCUT2D eigenvalue weighted by molar-refractivity contribution is -0.152. The Hall–Kier alpha value is -1.30. The first-order chi connectivity index (χ1) is 9.93. The molecule has 1 aromatic rings. The number of halogens is 2. The molecule has 1 fully saturated rings. The number of hydrogen-bond acceptors (Lipinski definition) is 3. The van der Waals surface area contributed by atoms with E-state index in [0.29, 0.717) is 28.8 Å². The van der Waals surface area contributed by atoms with Crippen LogP contribution in [0.4, 0.5) is 0 Å². The summed E-state index contributed by atoms with van der Waals surface area (Å²) in [7, 11) is 0. The van der Waals surface area contributed by atoms with E-state index in [2.05, 4.69) is 5.32 Å². The van der Waals surface area contributed by atoms with E-state index in [-0.39, 0.29) is 25.2 Å². The van der Waals surface area contributed by atoms with Crippen molar-refractivity contribution in [2.75, 3.05) is 13.2 Å². The van der Waals surface area contributed by atoms with Crippen LogP contribution in [0, 0.1) is 0 Å². The molecule has 1 aliphatic rings. The molecule has 1 heterocycles. The number of amides is 1. The third-order valence-electron chi connectivity index (χ3n) is 3.50. The molecule has 0 radical (unpaired) electrons. The van der Waals surface area contributed by atoms with Gasteiger partial charge in [-0.05, 0) is 17.7 Å². The van der Waals surface area contributed by atoms with Crippen molar-refractivity contribution in [2.45, 2.75) is 24.8 Å². The molecule has 0 spiro atoms.